The van der Waals surface area contributed by atoms with Gasteiger partial charge in [0, 0.05) is 65.4 Å². The van der Waals surface area contributed by atoms with E-state index in [2.05, 4.69) is 262 Å². The second kappa shape index (κ2) is 17.3. The first-order valence-electron chi connectivity index (χ1n) is 27.2. The van der Waals surface area contributed by atoms with E-state index in [1.165, 1.54) is 43.7 Å². The number of hydrogen-bond acceptors (Lipinski definition) is 3. The van der Waals surface area contributed by atoms with Crippen LogP contribution in [-0.4, -0.2) is 23.7 Å². The van der Waals surface area contributed by atoms with Crippen molar-refractivity contribution in [1.82, 2.24) is 23.7 Å². The normalized spacial score (nSPS) is 12.0. The van der Waals surface area contributed by atoms with Gasteiger partial charge in [0.05, 0.1) is 38.6 Å². The van der Waals surface area contributed by atoms with Gasteiger partial charge >= 0.3 is 0 Å². The van der Waals surface area contributed by atoms with Gasteiger partial charge in [-0.15, -0.1) is 0 Å². The molecule has 6 nitrogen and oxygen atoms in total. The first-order valence-corrected chi connectivity index (χ1v) is 27.2. The number of nitrogens with zero attached hydrogens (tertiary/aromatic N) is 5. The molecule has 0 fully saturated rings. The third-order valence-electron chi connectivity index (χ3n) is 16.4. The average Bonchev–Trinajstić information content (AvgIpc) is 4.47. The van der Waals surface area contributed by atoms with Crippen LogP contribution in [0.25, 0.3) is 160 Å². The molecule has 0 unspecified atom stereocenters. The molecule has 5 heterocycles. The lowest BCUT2D eigenvalue weighted by molar-refractivity contribution is 0.669. The van der Waals surface area contributed by atoms with Gasteiger partial charge in [0.25, 0.3) is 0 Å². The Balaban J connectivity index is 0.808. The minimum atomic E-state index is 0.696. The molecule has 12 aromatic carbocycles. The molecule has 0 aliphatic carbocycles. The molecule has 0 bridgehead atoms. The maximum Gasteiger partial charge on any atom is 0.162 e. The smallest absolute Gasteiger partial charge is 0.162 e. The molecule has 0 spiro atoms. The summed E-state index contributed by atoms with van der Waals surface area (Å²) in [5.74, 6) is 1.55. The number of furan rings is 1. The highest BCUT2D eigenvalue weighted by Gasteiger charge is 2.22. The third-order valence-corrected chi connectivity index (χ3v) is 16.4. The second-order valence-electron chi connectivity index (χ2n) is 20.9. The average molecular weight is 1020 g/mol. The molecule has 0 saturated heterocycles. The van der Waals surface area contributed by atoms with Crippen molar-refractivity contribution in [3.05, 3.63) is 273 Å². The molecule has 0 amide bonds. The predicted molar refractivity (Wildman–Crippen MR) is 332 cm³/mol. The van der Waals surface area contributed by atoms with E-state index in [-0.39, 0.29) is 0 Å². The number of rotatable bonds is 7. The lowest BCUT2D eigenvalue weighted by Crippen LogP contribution is -2.02. The summed E-state index contributed by atoms with van der Waals surface area (Å²) in [4.78, 5) is 10.4. The standard InChI is InChI=1S/C74H45N5O/c1-4-17-46(18-5-1)73-75-63-27-13-10-25-57(63)74(76-73)79-65-29-15-12-24-56(65)59-45-51(34-39-69(59)79)54-26-16-30-71-72(54)62-44-50(35-40-70(62)80-71)49-33-38-68-61(43-49)60-42-48(32-37-67(60)78(68)53-21-8-3-9-22-53)47-31-36-66-58(41-47)55-23-11-14-28-64(55)77(66)52-19-6-2-7-20-52/h1-45H. The molecule has 5 aromatic heterocycles. The Labute approximate surface area is 458 Å². The van der Waals surface area contributed by atoms with Crippen molar-refractivity contribution in [2.24, 2.45) is 0 Å². The molecule has 0 N–H and O–H groups in total. The Kier molecular flexibility index (Phi) is 9.61. The van der Waals surface area contributed by atoms with E-state index in [0.29, 0.717) is 5.82 Å². The molecule has 0 aliphatic heterocycles. The van der Waals surface area contributed by atoms with E-state index >= 15 is 0 Å². The summed E-state index contributed by atoms with van der Waals surface area (Å²) >= 11 is 0. The summed E-state index contributed by atoms with van der Waals surface area (Å²) < 4.78 is 13.8. The number of benzene rings is 12. The van der Waals surface area contributed by atoms with Gasteiger partial charge in [0.1, 0.15) is 17.0 Å². The first-order chi connectivity index (χ1) is 39.7. The lowest BCUT2D eigenvalue weighted by Gasteiger charge is -2.13. The second-order valence-corrected chi connectivity index (χ2v) is 20.9. The van der Waals surface area contributed by atoms with Crippen LogP contribution < -0.4 is 0 Å². The van der Waals surface area contributed by atoms with Gasteiger partial charge in [-0.25, -0.2) is 9.97 Å². The monoisotopic (exact) mass is 1020 g/mol. The minimum absolute atomic E-state index is 0.696. The molecule has 0 saturated carbocycles. The Hall–Kier alpha value is -10.8. The fourth-order valence-corrected chi connectivity index (χ4v) is 12.8. The van der Waals surface area contributed by atoms with Crippen LogP contribution in [0.5, 0.6) is 0 Å². The predicted octanol–water partition coefficient (Wildman–Crippen LogP) is 19.5. The Bertz CT molecular complexity index is 5360. The summed E-state index contributed by atoms with van der Waals surface area (Å²) in [5, 5.41) is 10.3. The Morgan fingerprint density at radius 2 is 0.700 bits per heavy atom. The van der Waals surface area contributed by atoms with E-state index in [1.807, 2.05) is 24.3 Å². The quantitative estimate of drug-likeness (QED) is 0.160. The summed E-state index contributed by atoms with van der Waals surface area (Å²) in [6, 6.07) is 98.2. The summed E-state index contributed by atoms with van der Waals surface area (Å²) in [6.45, 7) is 0. The van der Waals surface area contributed by atoms with Crippen molar-refractivity contribution in [3.63, 3.8) is 0 Å². The number of hydrogen-bond donors (Lipinski definition) is 0. The number of para-hydroxylation sites is 5. The highest BCUT2D eigenvalue weighted by molar-refractivity contribution is 6.17. The van der Waals surface area contributed by atoms with E-state index in [0.717, 1.165) is 111 Å². The molecular formula is C74H45N5O. The van der Waals surface area contributed by atoms with Gasteiger partial charge in [-0.1, -0.05) is 158 Å². The zero-order chi connectivity index (χ0) is 52.4. The molecule has 17 aromatic rings. The molecule has 80 heavy (non-hydrogen) atoms. The fraction of sp³-hybridized carbons (Fsp3) is 0. The highest BCUT2D eigenvalue weighted by atomic mass is 16.3. The van der Waals surface area contributed by atoms with Crippen molar-refractivity contribution in [3.8, 4) is 62.0 Å². The molecule has 17 rings (SSSR count). The largest absolute Gasteiger partial charge is 0.456 e. The van der Waals surface area contributed by atoms with Crippen LogP contribution in [-0.2, 0) is 0 Å². The van der Waals surface area contributed by atoms with E-state index in [4.69, 9.17) is 14.4 Å². The van der Waals surface area contributed by atoms with Crippen molar-refractivity contribution < 1.29 is 4.42 Å². The van der Waals surface area contributed by atoms with Crippen LogP contribution in [0.15, 0.2) is 277 Å². The Morgan fingerprint density at radius 3 is 1.30 bits per heavy atom. The topological polar surface area (TPSA) is 53.7 Å². The maximum absolute atomic E-state index is 6.70. The lowest BCUT2D eigenvalue weighted by atomic mass is 9.96. The van der Waals surface area contributed by atoms with Crippen LogP contribution in [0.3, 0.4) is 0 Å². The van der Waals surface area contributed by atoms with Crippen LogP contribution in [0, 0.1) is 0 Å². The van der Waals surface area contributed by atoms with Crippen molar-refractivity contribution >= 4 is 98.3 Å². The van der Waals surface area contributed by atoms with Crippen LogP contribution in [0.4, 0.5) is 0 Å². The van der Waals surface area contributed by atoms with E-state index in [9.17, 15) is 0 Å². The summed E-state index contributed by atoms with van der Waals surface area (Å²) in [5.41, 5.74) is 19.6. The first kappa shape index (κ1) is 44.3. The third kappa shape index (κ3) is 6.72. The zero-order valence-corrected chi connectivity index (χ0v) is 43.1. The van der Waals surface area contributed by atoms with Crippen molar-refractivity contribution in [1.29, 1.82) is 0 Å². The fourth-order valence-electron chi connectivity index (χ4n) is 12.8. The Morgan fingerprint density at radius 1 is 0.263 bits per heavy atom. The minimum Gasteiger partial charge on any atom is -0.456 e. The van der Waals surface area contributed by atoms with Crippen LogP contribution in [0.2, 0.25) is 0 Å². The highest BCUT2D eigenvalue weighted by Crippen LogP contribution is 2.44. The number of fused-ring (bicyclic) bond motifs is 13. The molecule has 0 aliphatic rings. The van der Waals surface area contributed by atoms with Gasteiger partial charge in [0.15, 0.2) is 5.82 Å². The van der Waals surface area contributed by atoms with Gasteiger partial charge in [-0.3, -0.25) is 4.57 Å². The van der Waals surface area contributed by atoms with Gasteiger partial charge in [0.2, 0.25) is 0 Å². The van der Waals surface area contributed by atoms with Crippen LogP contribution in [0.1, 0.15) is 0 Å². The molecule has 6 heteroatoms. The molecule has 0 radical (unpaired) electrons. The van der Waals surface area contributed by atoms with Gasteiger partial charge in [-0.2, -0.15) is 0 Å². The van der Waals surface area contributed by atoms with Crippen molar-refractivity contribution in [2.75, 3.05) is 0 Å². The summed E-state index contributed by atoms with van der Waals surface area (Å²) in [7, 11) is 0. The van der Waals surface area contributed by atoms with E-state index in [1.54, 1.807) is 0 Å². The molecule has 372 valence electrons. The van der Waals surface area contributed by atoms with Gasteiger partial charge in [-0.05, 0) is 149 Å². The molecule has 0 atom stereocenters. The summed E-state index contributed by atoms with van der Waals surface area (Å²) in [6.07, 6.45) is 0. The zero-order valence-electron chi connectivity index (χ0n) is 43.1. The van der Waals surface area contributed by atoms with Gasteiger partial charge < -0.3 is 13.6 Å². The van der Waals surface area contributed by atoms with Crippen LogP contribution >= 0.6 is 0 Å². The SMILES string of the molecule is c1ccc(-c2nc(-n3c4ccccc4c4cc(-c5cccc6oc7ccc(-c8ccc9c(c8)c8cc(-c%10ccc%11c(c%10)c%10ccccc%10n%11-c%10ccccc%10)ccc8n9-c8ccccc8)cc7c56)ccc43)c3ccccc3n2)cc1. The number of aromatic nitrogens is 5. The van der Waals surface area contributed by atoms with Crippen molar-refractivity contribution in [2.45, 2.75) is 0 Å². The van der Waals surface area contributed by atoms with E-state index < -0.39 is 0 Å². The molecular weight excluding hydrogens is 975 g/mol. The maximum atomic E-state index is 6.70.